The number of hydrogen-bond acceptors (Lipinski definition) is 3. The first-order chi connectivity index (χ1) is 15.3. The maximum atomic E-state index is 13.0. The van der Waals surface area contributed by atoms with Crippen LogP contribution >= 0.6 is 0 Å². The Morgan fingerprint density at radius 3 is 2.38 bits per heavy atom. The maximum Gasteiger partial charge on any atom is 0.416 e. The summed E-state index contributed by atoms with van der Waals surface area (Å²) >= 11 is 0. The lowest BCUT2D eigenvalue weighted by atomic mass is 9.95. The van der Waals surface area contributed by atoms with Crippen molar-refractivity contribution < 1.29 is 18.0 Å². The minimum Gasteiger partial charge on any atom is -0.355 e. The van der Waals surface area contributed by atoms with Crippen molar-refractivity contribution in [2.75, 3.05) is 16.8 Å². The molecule has 1 aliphatic rings. The highest BCUT2D eigenvalue weighted by atomic mass is 19.4. The summed E-state index contributed by atoms with van der Waals surface area (Å²) < 4.78 is 39.1. The summed E-state index contributed by atoms with van der Waals surface area (Å²) in [6.07, 6.45) is -3.40. The molecule has 2 N–H and O–H groups in total. The minimum absolute atomic E-state index is 0.0562. The van der Waals surface area contributed by atoms with Crippen LogP contribution in [0.4, 0.5) is 35.9 Å². The summed E-state index contributed by atoms with van der Waals surface area (Å²) in [6.45, 7) is 2.26. The van der Waals surface area contributed by atoms with Crippen molar-refractivity contribution in [1.29, 1.82) is 0 Å². The number of para-hydroxylation sites is 1. The van der Waals surface area contributed by atoms with Gasteiger partial charge in [-0.25, -0.2) is 0 Å². The fourth-order valence-electron chi connectivity index (χ4n) is 3.97. The van der Waals surface area contributed by atoms with Crippen LogP contribution in [0.5, 0.6) is 0 Å². The number of benzene rings is 3. The molecule has 0 radical (unpaired) electrons. The normalized spacial score (nSPS) is 15.8. The van der Waals surface area contributed by atoms with Crippen molar-refractivity contribution >= 4 is 28.7 Å². The highest BCUT2D eigenvalue weighted by Gasteiger charge is 2.32. The lowest BCUT2D eigenvalue weighted by Crippen LogP contribution is -2.46. The number of alkyl halides is 3. The van der Waals surface area contributed by atoms with Crippen molar-refractivity contribution in [3.05, 3.63) is 83.9 Å². The zero-order valence-electron chi connectivity index (χ0n) is 17.6. The molecule has 4 rings (SSSR count). The maximum absolute atomic E-state index is 13.0. The minimum atomic E-state index is -4.39. The molecule has 0 saturated carbocycles. The Bertz CT molecular complexity index is 1080. The number of nitrogens with one attached hydrogen (secondary N) is 2. The molecule has 32 heavy (non-hydrogen) atoms. The second-order valence-corrected chi connectivity index (χ2v) is 7.77. The van der Waals surface area contributed by atoms with Crippen LogP contribution in [0, 0.1) is 0 Å². The SMILES string of the molecule is CCC(=O)NC1Cc2c(Nc3ccccc3)cccc2N(c2ccc(C(F)(F)F)cc2)C1. The quantitative estimate of drug-likeness (QED) is 0.510. The molecule has 1 atom stereocenters. The van der Waals surface area contributed by atoms with E-state index in [1.807, 2.05) is 53.4 Å². The Morgan fingerprint density at radius 1 is 1.00 bits per heavy atom. The van der Waals surface area contributed by atoms with Crippen LogP contribution in [0.3, 0.4) is 0 Å². The second kappa shape index (κ2) is 8.94. The molecule has 1 aliphatic heterocycles. The predicted octanol–water partition coefficient (Wildman–Crippen LogP) is 6.04. The highest BCUT2D eigenvalue weighted by molar-refractivity contribution is 5.79. The van der Waals surface area contributed by atoms with Gasteiger partial charge in [0.05, 0.1) is 11.6 Å². The van der Waals surface area contributed by atoms with E-state index in [-0.39, 0.29) is 11.9 Å². The van der Waals surface area contributed by atoms with E-state index in [4.69, 9.17) is 0 Å². The van der Waals surface area contributed by atoms with Gasteiger partial charge in [-0.15, -0.1) is 0 Å². The number of carbonyl (C=O) groups is 1. The van der Waals surface area contributed by atoms with E-state index in [0.29, 0.717) is 25.1 Å². The average Bonchev–Trinajstić information content (AvgIpc) is 2.79. The first kappa shape index (κ1) is 21.7. The number of amides is 1. The first-order valence-corrected chi connectivity index (χ1v) is 10.5. The molecule has 3 aromatic carbocycles. The topological polar surface area (TPSA) is 44.4 Å². The standard InChI is InChI=1S/C25H24F3N3O/c1-2-24(32)30-19-15-21-22(29-18-7-4-3-5-8-18)9-6-10-23(21)31(16-19)20-13-11-17(12-14-20)25(26,27)28/h3-14,19,29H,2,15-16H2,1H3,(H,30,32). The molecule has 166 valence electrons. The first-order valence-electron chi connectivity index (χ1n) is 10.5. The van der Waals surface area contributed by atoms with Gasteiger partial charge in [-0.2, -0.15) is 13.2 Å². The van der Waals surface area contributed by atoms with Gasteiger partial charge in [-0.05, 0) is 55.0 Å². The number of halogens is 3. The Morgan fingerprint density at radius 2 is 1.72 bits per heavy atom. The third kappa shape index (κ3) is 4.72. The van der Waals surface area contributed by atoms with Crippen LogP contribution in [0.2, 0.25) is 0 Å². The number of rotatable bonds is 5. The van der Waals surface area contributed by atoms with Crippen molar-refractivity contribution in [3.63, 3.8) is 0 Å². The molecule has 0 aliphatic carbocycles. The van der Waals surface area contributed by atoms with E-state index in [1.165, 1.54) is 12.1 Å². The number of nitrogens with zero attached hydrogens (tertiary/aromatic N) is 1. The number of anilines is 4. The molecule has 0 fully saturated rings. The third-order valence-corrected chi connectivity index (χ3v) is 5.54. The third-order valence-electron chi connectivity index (χ3n) is 5.54. The number of carbonyl (C=O) groups excluding carboxylic acids is 1. The van der Waals surface area contributed by atoms with Gasteiger partial charge in [0.1, 0.15) is 0 Å². The summed E-state index contributed by atoms with van der Waals surface area (Å²) in [5.74, 6) is -0.0562. The van der Waals surface area contributed by atoms with Crippen LogP contribution in [0.1, 0.15) is 24.5 Å². The van der Waals surface area contributed by atoms with Gasteiger partial charge < -0.3 is 15.5 Å². The molecule has 3 aromatic rings. The Balaban J connectivity index is 1.72. The number of hydrogen-bond donors (Lipinski definition) is 2. The van der Waals surface area contributed by atoms with Crippen LogP contribution < -0.4 is 15.5 Å². The largest absolute Gasteiger partial charge is 0.416 e. The van der Waals surface area contributed by atoms with Gasteiger partial charge in [0, 0.05) is 41.3 Å². The van der Waals surface area contributed by atoms with Crippen molar-refractivity contribution in [3.8, 4) is 0 Å². The summed E-state index contributed by atoms with van der Waals surface area (Å²) in [4.78, 5) is 14.1. The fraction of sp³-hybridized carbons (Fsp3) is 0.240. The summed E-state index contributed by atoms with van der Waals surface area (Å²) in [7, 11) is 0. The number of fused-ring (bicyclic) bond motifs is 1. The Kier molecular flexibility index (Phi) is 6.08. The van der Waals surface area contributed by atoms with E-state index in [0.717, 1.165) is 34.8 Å². The van der Waals surface area contributed by atoms with Crippen molar-refractivity contribution in [2.45, 2.75) is 32.0 Å². The van der Waals surface area contributed by atoms with E-state index in [9.17, 15) is 18.0 Å². The fourth-order valence-corrected chi connectivity index (χ4v) is 3.97. The molecule has 0 spiro atoms. The lowest BCUT2D eigenvalue weighted by molar-refractivity contribution is -0.137. The van der Waals surface area contributed by atoms with E-state index in [1.54, 1.807) is 6.92 Å². The smallest absolute Gasteiger partial charge is 0.355 e. The van der Waals surface area contributed by atoms with Crippen molar-refractivity contribution in [2.24, 2.45) is 0 Å². The zero-order valence-corrected chi connectivity index (χ0v) is 17.6. The monoisotopic (exact) mass is 439 g/mol. The molecule has 1 heterocycles. The molecule has 1 amide bonds. The van der Waals surface area contributed by atoms with E-state index in [2.05, 4.69) is 10.6 Å². The summed E-state index contributed by atoms with van der Waals surface area (Å²) in [6, 6.07) is 20.6. The molecule has 4 nitrogen and oxygen atoms in total. The average molecular weight is 439 g/mol. The van der Waals surface area contributed by atoms with Crippen LogP contribution in [-0.4, -0.2) is 18.5 Å². The van der Waals surface area contributed by atoms with Gasteiger partial charge in [0.25, 0.3) is 0 Å². The van der Waals surface area contributed by atoms with Gasteiger partial charge >= 0.3 is 6.18 Å². The zero-order chi connectivity index (χ0) is 22.7. The predicted molar refractivity (Wildman–Crippen MR) is 121 cm³/mol. The highest BCUT2D eigenvalue weighted by Crippen LogP contribution is 2.39. The molecule has 1 unspecified atom stereocenters. The van der Waals surface area contributed by atoms with Gasteiger partial charge in [0.2, 0.25) is 5.91 Å². The van der Waals surface area contributed by atoms with E-state index >= 15 is 0 Å². The van der Waals surface area contributed by atoms with Crippen LogP contribution in [0.25, 0.3) is 0 Å². The van der Waals surface area contributed by atoms with E-state index < -0.39 is 11.7 Å². The van der Waals surface area contributed by atoms with Crippen LogP contribution in [0.15, 0.2) is 72.8 Å². The molecular formula is C25H24F3N3O. The lowest BCUT2D eigenvalue weighted by Gasteiger charge is -2.37. The summed E-state index contributed by atoms with van der Waals surface area (Å²) in [5, 5.41) is 6.48. The second-order valence-electron chi connectivity index (χ2n) is 7.77. The molecule has 0 saturated heterocycles. The van der Waals surface area contributed by atoms with Gasteiger partial charge in [-0.1, -0.05) is 31.2 Å². The van der Waals surface area contributed by atoms with Crippen molar-refractivity contribution in [1.82, 2.24) is 5.32 Å². The van der Waals surface area contributed by atoms with Crippen LogP contribution in [-0.2, 0) is 17.4 Å². The molecule has 0 aromatic heterocycles. The molecular weight excluding hydrogens is 415 g/mol. The summed E-state index contributed by atoms with van der Waals surface area (Å²) in [5.41, 5.74) is 3.71. The Hall–Kier alpha value is -3.48. The van der Waals surface area contributed by atoms with Gasteiger partial charge in [0.15, 0.2) is 0 Å². The van der Waals surface area contributed by atoms with Gasteiger partial charge in [-0.3, -0.25) is 4.79 Å². The molecule has 7 heteroatoms. The molecule has 0 bridgehead atoms. The Labute approximate surface area is 185 Å².